The first-order chi connectivity index (χ1) is 12.8. The molecule has 0 N–H and O–H groups in total. The molecule has 7 nitrogen and oxygen atoms in total. The predicted octanol–water partition coefficient (Wildman–Crippen LogP) is 2.61. The van der Waals surface area contributed by atoms with Crippen molar-refractivity contribution in [1.82, 2.24) is 0 Å². The van der Waals surface area contributed by atoms with E-state index in [0.29, 0.717) is 13.2 Å². The molecule has 7 heteroatoms. The summed E-state index contributed by atoms with van der Waals surface area (Å²) in [5, 5.41) is 0. The Bertz CT molecular complexity index is 657. The van der Waals surface area contributed by atoms with Gasteiger partial charge in [-0.15, -0.1) is 0 Å². The summed E-state index contributed by atoms with van der Waals surface area (Å²) in [6.45, 7) is 8.42. The van der Waals surface area contributed by atoms with Gasteiger partial charge in [0.2, 0.25) is 0 Å². The van der Waals surface area contributed by atoms with E-state index in [9.17, 15) is 0 Å². The highest BCUT2D eigenvalue weighted by atomic mass is 16.8. The van der Waals surface area contributed by atoms with Crippen molar-refractivity contribution in [3.63, 3.8) is 0 Å². The fourth-order valence-electron chi connectivity index (χ4n) is 3.78. The van der Waals surface area contributed by atoms with Crippen LogP contribution >= 0.6 is 0 Å². The van der Waals surface area contributed by atoms with Gasteiger partial charge in [0.15, 0.2) is 17.9 Å². The number of benzene rings is 1. The van der Waals surface area contributed by atoms with E-state index in [0.717, 1.165) is 11.3 Å². The van der Waals surface area contributed by atoms with Crippen LogP contribution in [0.25, 0.3) is 0 Å². The fourth-order valence-corrected chi connectivity index (χ4v) is 3.78. The molecule has 0 bridgehead atoms. The molecule has 0 aromatic heterocycles. The molecule has 4 rings (SSSR count). The molecule has 0 radical (unpaired) electrons. The molecule has 3 heterocycles. The first-order valence-electron chi connectivity index (χ1n) is 9.34. The van der Waals surface area contributed by atoms with E-state index >= 15 is 0 Å². The third-order valence-corrected chi connectivity index (χ3v) is 5.03. The Morgan fingerprint density at radius 3 is 2.33 bits per heavy atom. The Morgan fingerprint density at radius 1 is 0.963 bits per heavy atom. The SMILES string of the molecule is COc1ccc(COC2C(C3COC(C)(C)O3)OC3OC(C)(C)OC32)cc1. The van der Waals surface area contributed by atoms with Crippen LogP contribution in [0.3, 0.4) is 0 Å². The van der Waals surface area contributed by atoms with E-state index in [1.165, 1.54) is 0 Å². The minimum atomic E-state index is -0.700. The maximum Gasteiger partial charge on any atom is 0.190 e. The molecular formula is C20H28O7. The van der Waals surface area contributed by atoms with Gasteiger partial charge in [0.05, 0.1) is 20.3 Å². The maximum absolute atomic E-state index is 6.26. The lowest BCUT2D eigenvalue weighted by molar-refractivity contribution is -0.236. The third kappa shape index (κ3) is 3.99. The van der Waals surface area contributed by atoms with Gasteiger partial charge in [-0.2, -0.15) is 0 Å². The van der Waals surface area contributed by atoms with Crippen molar-refractivity contribution >= 4 is 0 Å². The Balaban J connectivity index is 1.48. The number of fused-ring (bicyclic) bond motifs is 1. The van der Waals surface area contributed by atoms with Crippen LogP contribution in [-0.4, -0.2) is 56.0 Å². The van der Waals surface area contributed by atoms with Crippen molar-refractivity contribution in [1.29, 1.82) is 0 Å². The minimum Gasteiger partial charge on any atom is -0.497 e. The molecule has 150 valence electrons. The summed E-state index contributed by atoms with van der Waals surface area (Å²) in [4.78, 5) is 0. The zero-order valence-electron chi connectivity index (χ0n) is 16.5. The number of hydrogen-bond acceptors (Lipinski definition) is 7. The van der Waals surface area contributed by atoms with Crippen LogP contribution in [0.15, 0.2) is 24.3 Å². The molecule has 0 spiro atoms. The van der Waals surface area contributed by atoms with Crippen molar-refractivity contribution in [3.8, 4) is 5.75 Å². The molecule has 3 aliphatic rings. The third-order valence-electron chi connectivity index (χ3n) is 5.03. The highest BCUT2D eigenvalue weighted by Gasteiger charge is 2.58. The monoisotopic (exact) mass is 380 g/mol. The number of methoxy groups -OCH3 is 1. The molecule has 27 heavy (non-hydrogen) atoms. The zero-order chi connectivity index (χ0) is 19.2. The van der Waals surface area contributed by atoms with Crippen molar-refractivity contribution in [2.75, 3.05) is 13.7 Å². The molecule has 1 aromatic rings. The molecule has 5 unspecified atom stereocenters. The van der Waals surface area contributed by atoms with Gasteiger partial charge >= 0.3 is 0 Å². The molecule has 1 aromatic carbocycles. The molecule has 3 fully saturated rings. The van der Waals surface area contributed by atoms with Crippen LogP contribution in [0.5, 0.6) is 5.75 Å². The maximum atomic E-state index is 6.26. The van der Waals surface area contributed by atoms with E-state index in [2.05, 4.69) is 0 Å². The summed E-state index contributed by atoms with van der Waals surface area (Å²) in [7, 11) is 1.65. The van der Waals surface area contributed by atoms with Gasteiger partial charge in [-0.05, 0) is 45.4 Å². The summed E-state index contributed by atoms with van der Waals surface area (Å²) in [5.41, 5.74) is 1.04. The number of hydrogen-bond donors (Lipinski definition) is 0. The first-order valence-corrected chi connectivity index (χ1v) is 9.34. The summed E-state index contributed by atoms with van der Waals surface area (Å²) in [5.74, 6) is -0.518. The van der Waals surface area contributed by atoms with Gasteiger partial charge in [0, 0.05) is 0 Å². The molecule has 3 aliphatic heterocycles. The van der Waals surface area contributed by atoms with Crippen LogP contribution in [0.2, 0.25) is 0 Å². The van der Waals surface area contributed by atoms with Gasteiger partial charge in [-0.3, -0.25) is 0 Å². The smallest absolute Gasteiger partial charge is 0.190 e. The highest BCUT2D eigenvalue weighted by molar-refractivity contribution is 5.26. The van der Waals surface area contributed by atoms with Crippen LogP contribution in [0.4, 0.5) is 0 Å². The standard InChI is InChI=1S/C20H28O7/c1-19(2)23-11-14(25-19)15-16(17-18(24-15)27-20(3,4)26-17)22-10-12-6-8-13(21-5)9-7-12/h6-9,14-18H,10-11H2,1-5H3. The first kappa shape index (κ1) is 19.1. The average molecular weight is 380 g/mol. The molecule has 0 aliphatic carbocycles. The largest absolute Gasteiger partial charge is 0.497 e. The van der Waals surface area contributed by atoms with Gasteiger partial charge < -0.3 is 33.2 Å². The number of ether oxygens (including phenoxy) is 7. The molecule has 5 atom stereocenters. The van der Waals surface area contributed by atoms with Gasteiger partial charge in [0.1, 0.15) is 30.2 Å². The van der Waals surface area contributed by atoms with Crippen LogP contribution in [-0.2, 0) is 35.0 Å². The summed E-state index contributed by atoms with van der Waals surface area (Å²) in [6, 6.07) is 7.79. The lowest BCUT2D eigenvalue weighted by atomic mass is 10.1. The Morgan fingerprint density at radius 2 is 1.70 bits per heavy atom. The topological polar surface area (TPSA) is 64.6 Å². The van der Waals surface area contributed by atoms with Crippen molar-refractivity contribution < 1.29 is 33.2 Å². The average Bonchev–Trinajstić information content (AvgIpc) is 3.22. The van der Waals surface area contributed by atoms with Crippen LogP contribution < -0.4 is 4.74 Å². The second-order valence-corrected chi connectivity index (χ2v) is 8.06. The quantitative estimate of drug-likeness (QED) is 0.778. The van der Waals surface area contributed by atoms with Crippen molar-refractivity contribution in [2.24, 2.45) is 0 Å². The Hall–Kier alpha value is -1.22. The fraction of sp³-hybridized carbons (Fsp3) is 0.700. The van der Waals surface area contributed by atoms with Crippen molar-refractivity contribution in [2.45, 2.75) is 76.6 Å². The summed E-state index contributed by atoms with van der Waals surface area (Å²) in [6.07, 6.45) is -1.66. The second-order valence-electron chi connectivity index (χ2n) is 8.06. The lowest BCUT2D eigenvalue weighted by Gasteiger charge is -2.29. The lowest BCUT2D eigenvalue weighted by Crippen LogP contribution is -2.44. The molecule has 0 amide bonds. The van der Waals surface area contributed by atoms with Crippen molar-refractivity contribution in [3.05, 3.63) is 29.8 Å². The van der Waals surface area contributed by atoms with E-state index < -0.39 is 17.9 Å². The Labute approximate surface area is 159 Å². The zero-order valence-corrected chi connectivity index (χ0v) is 16.5. The summed E-state index contributed by atoms with van der Waals surface area (Å²) >= 11 is 0. The normalized spacial score (nSPS) is 36.7. The molecule has 0 saturated carbocycles. The molecule has 3 saturated heterocycles. The molecular weight excluding hydrogens is 352 g/mol. The summed E-state index contributed by atoms with van der Waals surface area (Å²) < 4.78 is 41.3. The van der Waals surface area contributed by atoms with E-state index in [1.807, 2.05) is 52.0 Å². The number of rotatable bonds is 5. The van der Waals surface area contributed by atoms with Gasteiger partial charge in [0.25, 0.3) is 0 Å². The van der Waals surface area contributed by atoms with E-state index in [-0.39, 0.29) is 24.4 Å². The highest BCUT2D eigenvalue weighted by Crippen LogP contribution is 2.42. The van der Waals surface area contributed by atoms with Crippen LogP contribution in [0.1, 0.15) is 33.3 Å². The van der Waals surface area contributed by atoms with E-state index in [1.54, 1.807) is 7.11 Å². The van der Waals surface area contributed by atoms with Crippen LogP contribution in [0, 0.1) is 0 Å². The van der Waals surface area contributed by atoms with E-state index in [4.69, 9.17) is 33.2 Å². The van der Waals surface area contributed by atoms with Gasteiger partial charge in [-0.1, -0.05) is 12.1 Å². The second kappa shape index (κ2) is 6.99. The minimum absolute atomic E-state index is 0.234. The predicted molar refractivity (Wildman–Crippen MR) is 95.2 cm³/mol. The Kier molecular flexibility index (Phi) is 4.95. The van der Waals surface area contributed by atoms with Gasteiger partial charge in [-0.25, -0.2) is 0 Å².